The summed E-state index contributed by atoms with van der Waals surface area (Å²) < 4.78 is 0. The number of benzene rings is 1. The minimum atomic E-state index is 0.524. The Kier molecular flexibility index (Phi) is 3.82. The SMILES string of the molecule is Cc1cc(C#N)cc(Nc2ccc(C(C)C)cc2)n1. The number of nitriles is 1. The molecule has 0 fully saturated rings. The van der Waals surface area contributed by atoms with Gasteiger partial charge < -0.3 is 5.32 Å². The Bertz CT molecular complexity index is 607. The topological polar surface area (TPSA) is 48.7 Å². The fraction of sp³-hybridized carbons (Fsp3) is 0.250. The van der Waals surface area contributed by atoms with Crippen molar-refractivity contribution in [3.63, 3.8) is 0 Å². The molecule has 1 N–H and O–H groups in total. The summed E-state index contributed by atoms with van der Waals surface area (Å²) in [6.45, 7) is 6.22. The molecular formula is C16H17N3. The van der Waals surface area contributed by atoms with Gasteiger partial charge in [-0.05, 0) is 42.7 Å². The van der Waals surface area contributed by atoms with E-state index >= 15 is 0 Å². The van der Waals surface area contributed by atoms with Gasteiger partial charge in [-0.15, -0.1) is 0 Å². The van der Waals surface area contributed by atoms with Crippen LogP contribution in [0.25, 0.3) is 0 Å². The number of hydrogen-bond acceptors (Lipinski definition) is 3. The molecule has 0 aliphatic heterocycles. The van der Waals surface area contributed by atoms with Crippen LogP contribution in [-0.2, 0) is 0 Å². The van der Waals surface area contributed by atoms with Crippen molar-refractivity contribution in [3.8, 4) is 6.07 Å². The minimum absolute atomic E-state index is 0.524. The second-order valence-electron chi connectivity index (χ2n) is 4.90. The molecule has 0 aliphatic carbocycles. The summed E-state index contributed by atoms with van der Waals surface area (Å²) >= 11 is 0. The van der Waals surface area contributed by atoms with Gasteiger partial charge in [0.15, 0.2) is 0 Å². The van der Waals surface area contributed by atoms with E-state index in [4.69, 9.17) is 5.26 Å². The Morgan fingerprint density at radius 2 is 1.84 bits per heavy atom. The van der Waals surface area contributed by atoms with E-state index in [9.17, 15) is 0 Å². The lowest BCUT2D eigenvalue weighted by Gasteiger charge is -2.09. The van der Waals surface area contributed by atoms with Gasteiger partial charge in [-0.25, -0.2) is 4.98 Å². The van der Waals surface area contributed by atoms with Crippen LogP contribution in [0.4, 0.5) is 11.5 Å². The number of rotatable bonds is 3. The molecule has 0 radical (unpaired) electrons. The Hall–Kier alpha value is -2.34. The molecule has 3 nitrogen and oxygen atoms in total. The fourth-order valence-corrected chi connectivity index (χ4v) is 1.90. The van der Waals surface area contributed by atoms with Gasteiger partial charge in [-0.1, -0.05) is 26.0 Å². The van der Waals surface area contributed by atoms with Crippen LogP contribution in [0.2, 0.25) is 0 Å². The van der Waals surface area contributed by atoms with Crippen LogP contribution in [0.15, 0.2) is 36.4 Å². The number of aryl methyl sites for hydroxylation is 1. The van der Waals surface area contributed by atoms with Crippen molar-refractivity contribution in [2.75, 3.05) is 5.32 Å². The van der Waals surface area contributed by atoms with Gasteiger partial charge in [-0.2, -0.15) is 5.26 Å². The molecule has 0 unspecified atom stereocenters. The first kappa shape index (κ1) is 13.1. The fourth-order valence-electron chi connectivity index (χ4n) is 1.90. The molecule has 0 saturated heterocycles. The zero-order valence-corrected chi connectivity index (χ0v) is 11.4. The molecule has 19 heavy (non-hydrogen) atoms. The van der Waals surface area contributed by atoms with Crippen LogP contribution in [0.5, 0.6) is 0 Å². The highest BCUT2D eigenvalue weighted by atomic mass is 15.0. The van der Waals surface area contributed by atoms with Crippen molar-refractivity contribution in [2.45, 2.75) is 26.7 Å². The molecule has 2 aromatic rings. The molecule has 0 saturated carbocycles. The lowest BCUT2D eigenvalue weighted by atomic mass is 10.0. The molecule has 96 valence electrons. The first-order chi connectivity index (χ1) is 9.08. The lowest BCUT2D eigenvalue weighted by molar-refractivity contribution is 0.867. The first-order valence-corrected chi connectivity index (χ1v) is 6.34. The van der Waals surface area contributed by atoms with Gasteiger partial charge in [0.2, 0.25) is 0 Å². The third kappa shape index (κ3) is 3.32. The standard InChI is InChI=1S/C16H17N3/c1-11(2)14-4-6-15(7-5-14)19-16-9-13(10-17)8-12(3)18-16/h4-9,11H,1-3H3,(H,18,19). The van der Waals surface area contributed by atoms with Crippen molar-refractivity contribution >= 4 is 11.5 Å². The smallest absolute Gasteiger partial charge is 0.131 e. The largest absolute Gasteiger partial charge is 0.340 e. The number of nitrogens with zero attached hydrogens (tertiary/aromatic N) is 2. The van der Waals surface area contributed by atoms with E-state index in [0.717, 1.165) is 11.4 Å². The Balaban J connectivity index is 2.21. The van der Waals surface area contributed by atoms with Gasteiger partial charge in [0.1, 0.15) is 5.82 Å². The maximum absolute atomic E-state index is 8.94. The van der Waals surface area contributed by atoms with Crippen molar-refractivity contribution in [1.82, 2.24) is 4.98 Å². The molecule has 3 heteroatoms. The summed E-state index contributed by atoms with van der Waals surface area (Å²) in [5.74, 6) is 1.23. The Morgan fingerprint density at radius 3 is 2.42 bits per heavy atom. The number of aromatic nitrogens is 1. The molecule has 0 amide bonds. The average Bonchev–Trinajstić information content (AvgIpc) is 2.38. The third-order valence-electron chi connectivity index (χ3n) is 2.93. The summed E-state index contributed by atoms with van der Waals surface area (Å²) in [5, 5.41) is 12.2. The molecule has 0 atom stereocenters. The number of hydrogen-bond donors (Lipinski definition) is 1. The summed E-state index contributed by atoms with van der Waals surface area (Å²) in [7, 11) is 0. The number of pyridine rings is 1. The zero-order chi connectivity index (χ0) is 13.8. The van der Waals surface area contributed by atoms with Crippen molar-refractivity contribution < 1.29 is 0 Å². The van der Waals surface area contributed by atoms with Crippen LogP contribution in [-0.4, -0.2) is 4.98 Å². The monoisotopic (exact) mass is 251 g/mol. The predicted molar refractivity (Wildman–Crippen MR) is 77.5 cm³/mol. The van der Waals surface area contributed by atoms with Crippen LogP contribution >= 0.6 is 0 Å². The number of nitrogens with one attached hydrogen (secondary N) is 1. The molecule has 0 spiro atoms. The van der Waals surface area contributed by atoms with Crippen molar-refractivity contribution in [3.05, 3.63) is 53.2 Å². The van der Waals surface area contributed by atoms with E-state index in [1.807, 2.05) is 19.1 Å². The normalized spacial score (nSPS) is 10.3. The van der Waals surface area contributed by atoms with Crippen molar-refractivity contribution in [1.29, 1.82) is 5.26 Å². The van der Waals surface area contributed by atoms with Crippen LogP contribution in [0.3, 0.4) is 0 Å². The molecule has 1 heterocycles. The summed E-state index contributed by atoms with van der Waals surface area (Å²) in [5.41, 5.74) is 3.74. The van der Waals surface area contributed by atoms with E-state index in [1.54, 1.807) is 12.1 Å². The van der Waals surface area contributed by atoms with Gasteiger partial charge in [0.05, 0.1) is 11.6 Å². The molecule has 0 bridgehead atoms. The van der Waals surface area contributed by atoms with Crippen molar-refractivity contribution in [2.24, 2.45) is 0 Å². The van der Waals surface area contributed by atoms with Gasteiger partial charge in [0.25, 0.3) is 0 Å². The summed E-state index contributed by atoms with van der Waals surface area (Å²) in [4.78, 5) is 4.37. The third-order valence-corrected chi connectivity index (χ3v) is 2.93. The molecule has 1 aromatic heterocycles. The van der Waals surface area contributed by atoms with Crippen LogP contribution in [0.1, 0.15) is 36.6 Å². The number of anilines is 2. The quantitative estimate of drug-likeness (QED) is 0.892. The van der Waals surface area contributed by atoms with E-state index in [2.05, 4.69) is 42.4 Å². The molecular weight excluding hydrogens is 234 g/mol. The Morgan fingerprint density at radius 1 is 1.16 bits per heavy atom. The highest BCUT2D eigenvalue weighted by Crippen LogP contribution is 2.20. The molecule has 0 aliphatic rings. The predicted octanol–water partition coefficient (Wildman–Crippen LogP) is 4.13. The van der Waals surface area contributed by atoms with E-state index in [-0.39, 0.29) is 0 Å². The lowest BCUT2D eigenvalue weighted by Crippen LogP contribution is -1.96. The summed E-state index contributed by atoms with van der Waals surface area (Å²) in [6, 6.07) is 13.9. The zero-order valence-electron chi connectivity index (χ0n) is 11.4. The summed E-state index contributed by atoms with van der Waals surface area (Å²) in [6.07, 6.45) is 0. The minimum Gasteiger partial charge on any atom is -0.340 e. The maximum atomic E-state index is 8.94. The second kappa shape index (κ2) is 5.53. The van der Waals surface area contributed by atoms with Gasteiger partial charge in [0, 0.05) is 11.4 Å². The molecule has 2 rings (SSSR count). The van der Waals surface area contributed by atoms with E-state index in [1.165, 1.54) is 5.56 Å². The molecule has 1 aromatic carbocycles. The average molecular weight is 251 g/mol. The highest BCUT2D eigenvalue weighted by Gasteiger charge is 2.02. The first-order valence-electron chi connectivity index (χ1n) is 6.34. The Labute approximate surface area is 113 Å². The second-order valence-corrected chi connectivity index (χ2v) is 4.90. The maximum Gasteiger partial charge on any atom is 0.131 e. The van der Waals surface area contributed by atoms with Crippen LogP contribution in [0, 0.1) is 18.3 Å². The van der Waals surface area contributed by atoms with Crippen LogP contribution < -0.4 is 5.32 Å². The van der Waals surface area contributed by atoms with Gasteiger partial charge in [-0.3, -0.25) is 0 Å². The van der Waals surface area contributed by atoms with E-state index < -0.39 is 0 Å². The highest BCUT2D eigenvalue weighted by molar-refractivity contribution is 5.58. The van der Waals surface area contributed by atoms with Gasteiger partial charge >= 0.3 is 0 Å². The van der Waals surface area contributed by atoms with E-state index in [0.29, 0.717) is 17.3 Å².